The third-order valence-corrected chi connectivity index (χ3v) is 4.24. The molecule has 27 heavy (non-hydrogen) atoms. The second kappa shape index (κ2) is 8.30. The van der Waals surface area contributed by atoms with Gasteiger partial charge < -0.3 is 5.32 Å². The average molecular weight is 471 g/mol. The number of nitrogens with zero attached hydrogens (tertiary/aromatic N) is 2. The van der Waals surface area contributed by atoms with E-state index in [2.05, 4.69) is 32.9 Å². The van der Waals surface area contributed by atoms with Crippen LogP contribution in [0.25, 0.3) is 0 Å². The molecule has 2 amide bonds. The number of halogens is 1. The molecular weight excluding hydrogens is 453 g/mol. The van der Waals surface area contributed by atoms with E-state index in [1.54, 1.807) is 47.6 Å². The van der Waals surface area contributed by atoms with Crippen LogP contribution in [0.5, 0.6) is 0 Å². The van der Waals surface area contributed by atoms with E-state index >= 15 is 0 Å². The van der Waals surface area contributed by atoms with E-state index < -0.39 is 0 Å². The molecule has 0 saturated carbocycles. The fourth-order valence-corrected chi connectivity index (χ4v) is 3.01. The Labute approximate surface area is 171 Å². The van der Waals surface area contributed by atoms with E-state index in [0.717, 1.165) is 5.56 Å². The summed E-state index contributed by atoms with van der Waals surface area (Å²) in [6.45, 7) is 1.85. The maximum absolute atomic E-state index is 13.4. The van der Waals surface area contributed by atoms with Gasteiger partial charge in [0.05, 0.1) is 22.6 Å². The Morgan fingerprint density at radius 1 is 1.00 bits per heavy atom. The minimum Gasteiger partial charge on any atom is -0.320 e. The molecule has 3 aromatic rings. The van der Waals surface area contributed by atoms with Crippen molar-refractivity contribution in [3.63, 3.8) is 0 Å². The van der Waals surface area contributed by atoms with E-state index in [-0.39, 0.29) is 11.8 Å². The van der Waals surface area contributed by atoms with Crippen molar-refractivity contribution in [3.8, 4) is 0 Å². The summed E-state index contributed by atoms with van der Waals surface area (Å²) in [5, 5.41) is 2.88. The SMILES string of the molecule is CI.Cc1cnccc1C(=O)N1c2ccccc2NC(=O)c2ccccc21. The van der Waals surface area contributed by atoms with Gasteiger partial charge in [-0.15, -0.1) is 0 Å². The molecule has 0 atom stereocenters. The number of anilines is 3. The molecule has 0 fully saturated rings. The molecule has 0 radical (unpaired) electrons. The first-order chi connectivity index (χ1) is 13.2. The number of aryl methyl sites for hydroxylation is 1. The maximum Gasteiger partial charge on any atom is 0.263 e. The quantitative estimate of drug-likeness (QED) is 0.402. The molecule has 136 valence electrons. The van der Waals surface area contributed by atoms with E-state index in [9.17, 15) is 9.59 Å². The number of amides is 2. The Bertz CT molecular complexity index is 1000. The zero-order valence-electron chi connectivity index (χ0n) is 14.9. The van der Waals surface area contributed by atoms with Crippen molar-refractivity contribution < 1.29 is 9.59 Å². The second-order valence-corrected chi connectivity index (χ2v) is 5.82. The Hall–Kier alpha value is -2.74. The largest absolute Gasteiger partial charge is 0.320 e. The number of carbonyl (C=O) groups is 2. The van der Waals surface area contributed by atoms with Crippen LogP contribution in [0.15, 0.2) is 67.0 Å². The monoisotopic (exact) mass is 471 g/mol. The summed E-state index contributed by atoms with van der Waals surface area (Å²) >= 11 is 2.15. The van der Waals surface area contributed by atoms with Crippen molar-refractivity contribution >= 4 is 51.5 Å². The van der Waals surface area contributed by atoms with Gasteiger partial charge in [0.25, 0.3) is 11.8 Å². The topological polar surface area (TPSA) is 62.3 Å². The summed E-state index contributed by atoms with van der Waals surface area (Å²) in [5.74, 6) is -0.430. The lowest BCUT2D eigenvalue weighted by Gasteiger charge is -2.24. The van der Waals surface area contributed by atoms with Crippen molar-refractivity contribution in [2.75, 3.05) is 15.1 Å². The van der Waals surface area contributed by atoms with Crippen LogP contribution in [0.1, 0.15) is 26.3 Å². The van der Waals surface area contributed by atoms with Crippen molar-refractivity contribution in [1.82, 2.24) is 4.98 Å². The van der Waals surface area contributed by atoms with Gasteiger partial charge in [0.2, 0.25) is 0 Å². The minimum atomic E-state index is -0.232. The van der Waals surface area contributed by atoms with Crippen molar-refractivity contribution in [1.29, 1.82) is 0 Å². The number of aromatic nitrogens is 1. The third-order valence-electron chi connectivity index (χ3n) is 4.24. The summed E-state index contributed by atoms with van der Waals surface area (Å²) < 4.78 is 0. The van der Waals surface area contributed by atoms with Crippen molar-refractivity contribution in [3.05, 3.63) is 83.7 Å². The number of pyridine rings is 1. The molecule has 1 N–H and O–H groups in total. The van der Waals surface area contributed by atoms with Gasteiger partial charge in [-0.3, -0.25) is 19.5 Å². The van der Waals surface area contributed by atoms with E-state index in [0.29, 0.717) is 28.2 Å². The number of fused-ring (bicyclic) bond motifs is 2. The molecular formula is C21H18IN3O2. The number of rotatable bonds is 1. The first-order valence-corrected chi connectivity index (χ1v) is 10.4. The summed E-state index contributed by atoms with van der Waals surface area (Å²) in [6, 6.07) is 16.1. The van der Waals surface area contributed by atoms with Crippen molar-refractivity contribution in [2.45, 2.75) is 6.92 Å². The Balaban J connectivity index is 0.00000102. The molecule has 0 aliphatic carbocycles. The average Bonchev–Trinajstić information content (AvgIpc) is 2.83. The number of para-hydroxylation sites is 3. The van der Waals surface area contributed by atoms with Crippen molar-refractivity contribution in [2.24, 2.45) is 0 Å². The lowest BCUT2D eigenvalue weighted by atomic mass is 10.1. The molecule has 5 nitrogen and oxygen atoms in total. The van der Waals surface area contributed by atoms with Gasteiger partial charge in [0, 0.05) is 18.0 Å². The molecule has 0 unspecified atom stereocenters. The van der Waals surface area contributed by atoms with Gasteiger partial charge in [-0.2, -0.15) is 0 Å². The lowest BCUT2D eigenvalue weighted by molar-refractivity contribution is 0.0998. The minimum absolute atomic E-state index is 0.198. The summed E-state index contributed by atoms with van der Waals surface area (Å²) in [7, 11) is 0. The zero-order chi connectivity index (χ0) is 19.4. The van der Waals surface area contributed by atoms with Gasteiger partial charge in [-0.25, -0.2) is 0 Å². The highest BCUT2D eigenvalue weighted by Gasteiger charge is 2.30. The summed E-state index contributed by atoms with van der Waals surface area (Å²) in [5.41, 5.74) is 3.59. The van der Waals surface area contributed by atoms with Crippen LogP contribution in [0.3, 0.4) is 0 Å². The van der Waals surface area contributed by atoms with E-state index in [4.69, 9.17) is 0 Å². The molecule has 0 bridgehead atoms. The second-order valence-electron chi connectivity index (χ2n) is 5.82. The fourth-order valence-electron chi connectivity index (χ4n) is 3.01. The van der Waals surface area contributed by atoms with Gasteiger partial charge in [-0.05, 0) is 47.7 Å². The number of alkyl halides is 1. The third kappa shape index (κ3) is 3.57. The van der Waals surface area contributed by atoms with Gasteiger partial charge in [-0.1, -0.05) is 46.9 Å². The molecule has 6 heteroatoms. The first-order valence-electron chi connectivity index (χ1n) is 8.29. The molecule has 1 aliphatic rings. The first kappa shape index (κ1) is 19.0. The number of hydrogen-bond acceptors (Lipinski definition) is 3. The molecule has 0 spiro atoms. The van der Waals surface area contributed by atoms with Crippen LogP contribution in [-0.4, -0.2) is 21.7 Å². The fraction of sp³-hybridized carbons (Fsp3) is 0.0952. The smallest absolute Gasteiger partial charge is 0.263 e. The molecule has 4 rings (SSSR count). The lowest BCUT2D eigenvalue weighted by Crippen LogP contribution is -2.27. The van der Waals surface area contributed by atoms with Crippen LogP contribution >= 0.6 is 22.6 Å². The Morgan fingerprint density at radius 2 is 1.67 bits per heavy atom. The molecule has 2 heterocycles. The zero-order valence-corrected chi connectivity index (χ0v) is 17.1. The van der Waals surface area contributed by atoms with Crippen LogP contribution in [-0.2, 0) is 0 Å². The predicted octanol–water partition coefficient (Wildman–Crippen LogP) is 4.99. The maximum atomic E-state index is 13.4. The number of carbonyl (C=O) groups excluding carboxylic acids is 2. The highest BCUT2D eigenvalue weighted by molar-refractivity contribution is 14.1. The number of nitrogens with one attached hydrogen (secondary N) is 1. The molecule has 1 aliphatic heterocycles. The highest BCUT2D eigenvalue weighted by atomic mass is 127. The number of hydrogen-bond donors (Lipinski definition) is 1. The van der Waals surface area contributed by atoms with Gasteiger partial charge in [0.1, 0.15) is 0 Å². The Kier molecular flexibility index (Phi) is 5.85. The predicted molar refractivity (Wildman–Crippen MR) is 116 cm³/mol. The number of benzene rings is 2. The van der Waals surface area contributed by atoms with Crippen LogP contribution < -0.4 is 10.2 Å². The Morgan fingerprint density at radius 3 is 2.41 bits per heavy atom. The van der Waals surface area contributed by atoms with Gasteiger partial charge >= 0.3 is 0 Å². The van der Waals surface area contributed by atoms with Crippen LogP contribution in [0.2, 0.25) is 0 Å². The standard InChI is InChI=1S/C20H15N3O2.CH3I/c1-13-12-21-11-10-14(13)20(25)23-17-8-4-2-6-15(17)19(24)22-16-7-3-5-9-18(16)23;1-2/h2-12H,1H3,(H,22,24);1H3. The van der Waals surface area contributed by atoms with Gasteiger partial charge in [0.15, 0.2) is 0 Å². The molecule has 0 saturated heterocycles. The normalized spacial score (nSPS) is 12.0. The van der Waals surface area contributed by atoms with E-state index in [1.807, 2.05) is 36.1 Å². The molecule has 1 aromatic heterocycles. The highest BCUT2D eigenvalue weighted by Crippen LogP contribution is 2.38. The van der Waals surface area contributed by atoms with E-state index in [1.165, 1.54) is 0 Å². The summed E-state index contributed by atoms with van der Waals surface area (Å²) in [6.07, 6.45) is 3.26. The van der Waals surface area contributed by atoms with Crippen LogP contribution in [0.4, 0.5) is 17.1 Å². The summed E-state index contributed by atoms with van der Waals surface area (Å²) in [4.78, 5) is 33.6. The molecule has 2 aromatic carbocycles. The van der Waals surface area contributed by atoms with Crippen LogP contribution in [0, 0.1) is 6.92 Å².